The molecule has 1 saturated heterocycles. The number of amides is 1. The molecule has 0 spiro atoms. The molecule has 1 atom stereocenters. The molecule has 1 aliphatic heterocycles. The fraction of sp³-hybridized carbons (Fsp3) is 0.364. The summed E-state index contributed by atoms with van der Waals surface area (Å²) in [6.45, 7) is 0.909. The van der Waals surface area contributed by atoms with E-state index in [0.717, 1.165) is 12.3 Å². The molecule has 0 bridgehead atoms. The van der Waals surface area contributed by atoms with E-state index in [4.69, 9.17) is 10.00 Å². The van der Waals surface area contributed by atoms with Gasteiger partial charge in [-0.15, -0.1) is 0 Å². The van der Waals surface area contributed by atoms with E-state index in [2.05, 4.69) is 4.98 Å². The van der Waals surface area contributed by atoms with Crippen LogP contribution in [0, 0.1) is 17.1 Å². The zero-order valence-electron chi connectivity index (χ0n) is 8.97. The number of carbonyl (C=O) groups excluding carboxylic acids is 1. The Balaban J connectivity index is 2.12. The van der Waals surface area contributed by atoms with Crippen LogP contribution in [0.5, 0.6) is 0 Å². The van der Waals surface area contributed by atoms with Crippen molar-refractivity contribution in [3.63, 3.8) is 0 Å². The minimum atomic E-state index is -0.616. The van der Waals surface area contributed by atoms with E-state index in [0.29, 0.717) is 13.2 Å². The summed E-state index contributed by atoms with van der Waals surface area (Å²) in [5, 5.41) is 8.72. The van der Waals surface area contributed by atoms with Crippen molar-refractivity contribution >= 4 is 5.91 Å². The van der Waals surface area contributed by atoms with Crippen LogP contribution in [0.1, 0.15) is 10.4 Å². The fourth-order valence-corrected chi connectivity index (χ4v) is 1.62. The lowest BCUT2D eigenvalue weighted by molar-refractivity contribution is 0.00343. The molecular weight excluding hydrogens is 225 g/mol. The normalized spacial score (nSPS) is 19.8. The van der Waals surface area contributed by atoms with Gasteiger partial charge >= 0.3 is 0 Å². The standard InChI is InChI=1S/C11H10FN3O2/c12-9-3-8(5-14-6-9)11(16)15-1-2-17-10(4-13)7-15/h3,5-6,10H,1-2,7H2. The molecule has 1 fully saturated rings. The van der Waals surface area contributed by atoms with E-state index < -0.39 is 11.9 Å². The van der Waals surface area contributed by atoms with Crippen LogP contribution >= 0.6 is 0 Å². The van der Waals surface area contributed by atoms with Crippen molar-refractivity contribution in [2.45, 2.75) is 6.10 Å². The minimum Gasteiger partial charge on any atom is -0.360 e. The van der Waals surface area contributed by atoms with Gasteiger partial charge in [0.2, 0.25) is 0 Å². The molecule has 0 N–H and O–H groups in total. The number of hydrogen-bond acceptors (Lipinski definition) is 4. The van der Waals surface area contributed by atoms with Crippen LogP contribution in [-0.4, -0.2) is 41.6 Å². The van der Waals surface area contributed by atoms with E-state index in [1.807, 2.05) is 6.07 Å². The van der Waals surface area contributed by atoms with Crippen LogP contribution in [0.15, 0.2) is 18.5 Å². The maximum absolute atomic E-state index is 12.9. The van der Waals surface area contributed by atoms with E-state index in [1.54, 1.807) is 0 Å². The highest BCUT2D eigenvalue weighted by Crippen LogP contribution is 2.10. The molecule has 0 saturated carbocycles. The maximum Gasteiger partial charge on any atom is 0.255 e. The number of nitriles is 1. The van der Waals surface area contributed by atoms with Crippen LogP contribution in [0.3, 0.4) is 0 Å². The molecule has 5 nitrogen and oxygen atoms in total. The van der Waals surface area contributed by atoms with E-state index in [1.165, 1.54) is 11.1 Å². The molecule has 6 heteroatoms. The van der Waals surface area contributed by atoms with Gasteiger partial charge in [-0.3, -0.25) is 9.78 Å². The van der Waals surface area contributed by atoms with Crippen molar-refractivity contribution in [2.75, 3.05) is 19.7 Å². The zero-order chi connectivity index (χ0) is 12.3. The number of halogens is 1. The molecule has 1 amide bonds. The van der Waals surface area contributed by atoms with Crippen molar-refractivity contribution in [1.82, 2.24) is 9.88 Å². The van der Waals surface area contributed by atoms with Crippen LogP contribution in [0.25, 0.3) is 0 Å². The minimum absolute atomic E-state index is 0.184. The Morgan fingerprint density at radius 1 is 1.65 bits per heavy atom. The van der Waals surface area contributed by atoms with Gasteiger partial charge in [0.25, 0.3) is 5.91 Å². The number of pyridine rings is 1. The van der Waals surface area contributed by atoms with Crippen molar-refractivity contribution < 1.29 is 13.9 Å². The first-order valence-corrected chi connectivity index (χ1v) is 5.12. The summed E-state index contributed by atoms with van der Waals surface area (Å²) >= 11 is 0. The lowest BCUT2D eigenvalue weighted by Gasteiger charge is -2.29. The molecule has 1 aromatic rings. The zero-order valence-corrected chi connectivity index (χ0v) is 8.97. The Hall–Kier alpha value is -2.00. The highest BCUT2D eigenvalue weighted by Gasteiger charge is 2.25. The van der Waals surface area contributed by atoms with Crippen molar-refractivity contribution in [3.8, 4) is 6.07 Å². The van der Waals surface area contributed by atoms with Gasteiger partial charge in [-0.1, -0.05) is 0 Å². The van der Waals surface area contributed by atoms with E-state index in [9.17, 15) is 9.18 Å². The van der Waals surface area contributed by atoms with Gasteiger partial charge < -0.3 is 9.64 Å². The topological polar surface area (TPSA) is 66.2 Å². The quantitative estimate of drug-likeness (QED) is 0.714. The summed E-state index contributed by atoms with van der Waals surface area (Å²) in [5.74, 6) is -0.888. The van der Waals surface area contributed by atoms with E-state index >= 15 is 0 Å². The number of morpholine rings is 1. The van der Waals surface area contributed by atoms with Gasteiger partial charge in [0, 0.05) is 12.7 Å². The molecule has 1 aromatic heterocycles. The Morgan fingerprint density at radius 3 is 3.18 bits per heavy atom. The summed E-state index contributed by atoms with van der Waals surface area (Å²) in [6, 6.07) is 3.08. The van der Waals surface area contributed by atoms with E-state index in [-0.39, 0.29) is 18.0 Å². The molecule has 0 radical (unpaired) electrons. The third kappa shape index (κ3) is 2.57. The number of hydrogen-bond donors (Lipinski definition) is 0. The number of rotatable bonds is 1. The second-order valence-corrected chi connectivity index (χ2v) is 3.63. The lowest BCUT2D eigenvalue weighted by atomic mass is 10.2. The lowest BCUT2D eigenvalue weighted by Crippen LogP contribution is -2.45. The average Bonchev–Trinajstić information content (AvgIpc) is 2.38. The van der Waals surface area contributed by atoms with Crippen molar-refractivity contribution in [3.05, 3.63) is 29.8 Å². The number of nitrogens with zero attached hydrogens (tertiary/aromatic N) is 3. The predicted octanol–water partition coefficient (Wildman–Crippen LogP) is 0.585. The molecule has 2 rings (SSSR count). The first kappa shape index (κ1) is 11.5. The summed E-state index contributed by atoms with van der Waals surface area (Å²) in [4.78, 5) is 17.1. The number of ether oxygens (including phenoxy) is 1. The molecule has 17 heavy (non-hydrogen) atoms. The van der Waals surface area contributed by atoms with Gasteiger partial charge in [0.1, 0.15) is 5.82 Å². The Morgan fingerprint density at radius 2 is 2.47 bits per heavy atom. The SMILES string of the molecule is N#CC1CN(C(=O)c2cncc(F)c2)CCO1. The third-order valence-corrected chi connectivity index (χ3v) is 2.45. The van der Waals surface area contributed by atoms with Crippen molar-refractivity contribution in [1.29, 1.82) is 5.26 Å². The first-order chi connectivity index (χ1) is 8.20. The number of aromatic nitrogens is 1. The summed E-state index contributed by atoms with van der Waals surface area (Å²) in [5.41, 5.74) is 0.184. The highest BCUT2D eigenvalue weighted by molar-refractivity contribution is 5.94. The van der Waals surface area contributed by atoms with Gasteiger partial charge in [0.05, 0.1) is 31.0 Å². The molecule has 0 aliphatic carbocycles. The maximum atomic E-state index is 12.9. The van der Waals surface area contributed by atoms with Crippen LogP contribution in [0.2, 0.25) is 0 Å². The smallest absolute Gasteiger partial charge is 0.255 e. The van der Waals surface area contributed by atoms with Gasteiger partial charge in [-0.05, 0) is 6.07 Å². The summed E-state index contributed by atoms with van der Waals surface area (Å²) < 4.78 is 18.0. The predicted molar refractivity (Wildman–Crippen MR) is 55.5 cm³/mol. The number of carbonyl (C=O) groups is 1. The first-order valence-electron chi connectivity index (χ1n) is 5.12. The van der Waals surface area contributed by atoms with Gasteiger partial charge in [-0.2, -0.15) is 5.26 Å². The van der Waals surface area contributed by atoms with Gasteiger partial charge in [-0.25, -0.2) is 4.39 Å². The second-order valence-electron chi connectivity index (χ2n) is 3.63. The third-order valence-electron chi connectivity index (χ3n) is 2.45. The van der Waals surface area contributed by atoms with Crippen molar-refractivity contribution in [2.24, 2.45) is 0 Å². The molecular formula is C11H10FN3O2. The molecule has 88 valence electrons. The Labute approximate surface area is 97.4 Å². The van der Waals surface area contributed by atoms with Gasteiger partial charge in [0.15, 0.2) is 6.10 Å². The fourth-order valence-electron chi connectivity index (χ4n) is 1.62. The van der Waals surface area contributed by atoms with Crippen LogP contribution in [-0.2, 0) is 4.74 Å². The Kier molecular flexibility index (Phi) is 3.30. The molecule has 0 aromatic carbocycles. The van der Waals surface area contributed by atoms with Crippen LogP contribution < -0.4 is 0 Å². The monoisotopic (exact) mass is 235 g/mol. The average molecular weight is 235 g/mol. The highest BCUT2D eigenvalue weighted by atomic mass is 19.1. The van der Waals surface area contributed by atoms with Crippen LogP contribution in [0.4, 0.5) is 4.39 Å². The second kappa shape index (κ2) is 4.89. The summed E-state index contributed by atoms with van der Waals surface area (Å²) in [6.07, 6.45) is 1.73. The molecule has 1 aliphatic rings. The molecule has 1 unspecified atom stereocenters. The largest absolute Gasteiger partial charge is 0.360 e. The molecule has 2 heterocycles. The Bertz CT molecular complexity index is 472. The summed E-state index contributed by atoms with van der Waals surface area (Å²) in [7, 11) is 0.